The molecule has 2 atom stereocenters. The van der Waals surface area contributed by atoms with E-state index in [9.17, 15) is 22.4 Å². The Morgan fingerprint density at radius 1 is 1.38 bits per heavy atom. The van der Waals surface area contributed by atoms with Crippen molar-refractivity contribution in [1.29, 1.82) is 0 Å². The zero-order valence-electron chi connectivity index (χ0n) is 11.4. The molecule has 0 bridgehead atoms. The highest BCUT2D eigenvalue weighted by molar-refractivity contribution is 5.94. The van der Waals surface area contributed by atoms with Crippen molar-refractivity contribution in [3.05, 3.63) is 35.1 Å². The van der Waals surface area contributed by atoms with Gasteiger partial charge in [0.25, 0.3) is 5.91 Å². The lowest BCUT2D eigenvalue weighted by atomic mass is 9.94. The van der Waals surface area contributed by atoms with Gasteiger partial charge in [-0.25, -0.2) is 4.39 Å². The largest absolute Gasteiger partial charge is 0.416 e. The van der Waals surface area contributed by atoms with Gasteiger partial charge in [-0.1, -0.05) is 6.92 Å². The molecule has 1 amide bonds. The number of rotatable bonds is 2. The van der Waals surface area contributed by atoms with Gasteiger partial charge in [-0.3, -0.25) is 4.79 Å². The summed E-state index contributed by atoms with van der Waals surface area (Å²) in [6, 6.07) is 1.61. The van der Waals surface area contributed by atoms with Crippen molar-refractivity contribution in [2.24, 2.45) is 5.92 Å². The number of amides is 1. The Labute approximate surface area is 119 Å². The van der Waals surface area contributed by atoms with Crippen molar-refractivity contribution in [2.75, 3.05) is 13.1 Å². The standard InChI is InChI=1S/C14H16F4N2O/c1-8-4-5-19-7-12(8)20-13(21)10-6-9(14(16,17)18)2-3-11(10)15/h2-3,6,8,12,19H,4-5,7H2,1H3,(H,20,21)/t8-,12-/m1/s1. The molecular formula is C14H16F4N2O. The highest BCUT2D eigenvalue weighted by Crippen LogP contribution is 2.30. The van der Waals surface area contributed by atoms with Gasteiger partial charge in [-0.15, -0.1) is 0 Å². The van der Waals surface area contributed by atoms with Crippen LogP contribution in [0.15, 0.2) is 18.2 Å². The molecule has 2 rings (SSSR count). The van der Waals surface area contributed by atoms with Crippen LogP contribution in [-0.4, -0.2) is 25.0 Å². The van der Waals surface area contributed by atoms with Gasteiger partial charge in [0.05, 0.1) is 11.1 Å². The number of carbonyl (C=O) groups is 1. The maximum atomic E-state index is 13.6. The number of piperidine rings is 1. The number of carbonyl (C=O) groups excluding carboxylic acids is 1. The van der Waals surface area contributed by atoms with E-state index in [0.29, 0.717) is 24.7 Å². The van der Waals surface area contributed by atoms with Gasteiger partial charge in [-0.05, 0) is 37.1 Å². The summed E-state index contributed by atoms with van der Waals surface area (Å²) in [7, 11) is 0. The van der Waals surface area contributed by atoms with Gasteiger partial charge in [0, 0.05) is 12.6 Å². The molecule has 0 aromatic heterocycles. The van der Waals surface area contributed by atoms with Crippen molar-refractivity contribution in [1.82, 2.24) is 10.6 Å². The third-order valence-electron chi connectivity index (χ3n) is 3.68. The van der Waals surface area contributed by atoms with E-state index in [0.717, 1.165) is 13.0 Å². The van der Waals surface area contributed by atoms with E-state index < -0.39 is 29.0 Å². The summed E-state index contributed by atoms with van der Waals surface area (Å²) < 4.78 is 51.5. The highest BCUT2D eigenvalue weighted by Gasteiger charge is 2.32. The molecule has 2 N–H and O–H groups in total. The molecule has 1 aromatic rings. The van der Waals surface area contributed by atoms with Crippen LogP contribution in [0.1, 0.15) is 29.3 Å². The number of nitrogens with one attached hydrogen (secondary N) is 2. The summed E-state index contributed by atoms with van der Waals surface area (Å²) in [5.74, 6) is -1.60. The average Bonchev–Trinajstić information content (AvgIpc) is 2.40. The molecule has 3 nitrogen and oxygen atoms in total. The molecule has 1 aromatic carbocycles. The molecule has 21 heavy (non-hydrogen) atoms. The first-order valence-corrected chi connectivity index (χ1v) is 6.67. The third kappa shape index (κ3) is 3.72. The molecule has 1 heterocycles. The van der Waals surface area contributed by atoms with E-state index in [1.807, 2.05) is 6.92 Å². The van der Waals surface area contributed by atoms with Crippen molar-refractivity contribution in [3.8, 4) is 0 Å². The molecule has 0 saturated carbocycles. The van der Waals surface area contributed by atoms with E-state index in [4.69, 9.17) is 0 Å². The molecule has 0 aliphatic carbocycles. The minimum atomic E-state index is -4.61. The summed E-state index contributed by atoms with van der Waals surface area (Å²) in [6.45, 7) is 3.28. The Morgan fingerprint density at radius 2 is 2.10 bits per heavy atom. The van der Waals surface area contributed by atoms with Crippen molar-refractivity contribution in [3.63, 3.8) is 0 Å². The predicted molar refractivity (Wildman–Crippen MR) is 69.3 cm³/mol. The van der Waals surface area contributed by atoms with Crippen LogP contribution in [0.4, 0.5) is 17.6 Å². The number of benzene rings is 1. The second-order valence-electron chi connectivity index (χ2n) is 5.24. The Hall–Kier alpha value is -1.63. The van der Waals surface area contributed by atoms with Crippen molar-refractivity contribution in [2.45, 2.75) is 25.6 Å². The molecular weight excluding hydrogens is 288 g/mol. The van der Waals surface area contributed by atoms with E-state index >= 15 is 0 Å². The zero-order chi connectivity index (χ0) is 15.6. The number of hydrogen-bond donors (Lipinski definition) is 2. The Bertz CT molecular complexity index is 530. The van der Waals surface area contributed by atoms with E-state index in [1.54, 1.807) is 0 Å². The van der Waals surface area contributed by atoms with Gasteiger partial charge in [0.2, 0.25) is 0 Å². The van der Waals surface area contributed by atoms with E-state index in [2.05, 4.69) is 10.6 Å². The first-order chi connectivity index (χ1) is 9.79. The molecule has 0 radical (unpaired) electrons. The lowest BCUT2D eigenvalue weighted by Crippen LogP contribution is -2.50. The molecule has 0 unspecified atom stereocenters. The molecule has 116 valence electrons. The van der Waals surface area contributed by atoms with Gasteiger partial charge in [0.1, 0.15) is 5.82 Å². The number of hydrogen-bond acceptors (Lipinski definition) is 2. The Kier molecular flexibility index (Phi) is 4.51. The fourth-order valence-corrected chi connectivity index (χ4v) is 2.30. The lowest BCUT2D eigenvalue weighted by molar-refractivity contribution is -0.137. The summed E-state index contributed by atoms with van der Waals surface area (Å²) in [6.07, 6.45) is -3.77. The van der Waals surface area contributed by atoms with Gasteiger partial charge in [-0.2, -0.15) is 13.2 Å². The predicted octanol–water partition coefficient (Wildman–Crippen LogP) is 2.57. The van der Waals surface area contributed by atoms with Crippen LogP contribution < -0.4 is 10.6 Å². The zero-order valence-corrected chi connectivity index (χ0v) is 11.4. The maximum absolute atomic E-state index is 13.6. The normalized spacial score (nSPS) is 22.9. The van der Waals surface area contributed by atoms with E-state index in [1.165, 1.54) is 0 Å². The number of alkyl halides is 3. The van der Waals surface area contributed by atoms with Gasteiger partial charge < -0.3 is 10.6 Å². The molecule has 1 aliphatic heterocycles. The summed E-state index contributed by atoms with van der Waals surface area (Å²) in [4.78, 5) is 12.0. The van der Waals surface area contributed by atoms with Crippen molar-refractivity contribution >= 4 is 5.91 Å². The second kappa shape index (κ2) is 6.01. The van der Waals surface area contributed by atoms with Crippen molar-refractivity contribution < 1.29 is 22.4 Å². The summed E-state index contributed by atoms with van der Waals surface area (Å²) >= 11 is 0. The monoisotopic (exact) mass is 304 g/mol. The second-order valence-corrected chi connectivity index (χ2v) is 5.24. The maximum Gasteiger partial charge on any atom is 0.416 e. The minimum absolute atomic E-state index is 0.184. The van der Waals surface area contributed by atoms with Crippen LogP contribution in [0.2, 0.25) is 0 Å². The topological polar surface area (TPSA) is 41.1 Å². The van der Waals surface area contributed by atoms with Crippen LogP contribution in [0.5, 0.6) is 0 Å². The van der Waals surface area contributed by atoms with Crippen LogP contribution in [0.3, 0.4) is 0 Å². The SMILES string of the molecule is C[C@@H]1CCNC[C@H]1NC(=O)c1cc(C(F)(F)F)ccc1F. The Balaban J connectivity index is 2.18. The minimum Gasteiger partial charge on any atom is -0.348 e. The average molecular weight is 304 g/mol. The lowest BCUT2D eigenvalue weighted by Gasteiger charge is -2.30. The summed E-state index contributed by atoms with van der Waals surface area (Å²) in [5, 5.41) is 5.68. The molecule has 1 fully saturated rings. The molecule has 0 spiro atoms. The highest BCUT2D eigenvalue weighted by atomic mass is 19.4. The fourth-order valence-electron chi connectivity index (χ4n) is 2.30. The first-order valence-electron chi connectivity index (χ1n) is 6.67. The molecule has 7 heteroatoms. The van der Waals surface area contributed by atoms with Crippen LogP contribution in [-0.2, 0) is 6.18 Å². The Morgan fingerprint density at radius 3 is 2.71 bits per heavy atom. The van der Waals surface area contributed by atoms with Crippen LogP contribution in [0.25, 0.3) is 0 Å². The summed E-state index contributed by atoms with van der Waals surface area (Å²) in [5.41, 5.74) is -1.62. The fraction of sp³-hybridized carbons (Fsp3) is 0.500. The third-order valence-corrected chi connectivity index (χ3v) is 3.68. The number of halogens is 4. The smallest absolute Gasteiger partial charge is 0.348 e. The van der Waals surface area contributed by atoms with Crippen LogP contribution >= 0.6 is 0 Å². The van der Waals surface area contributed by atoms with Gasteiger partial charge >= 0.3 is 6.18 Å². The molecule has 1 saturated heterocycles. The van der Waals surface area contributed by atoms with Crippen LogP contribution in [0, 0.1) is 11.7 Å². The van der Waals surface area contributed by atoms with Gasteiger partial charge in [0.15, 0.2) is 0 Å². The first kappa shape index (κ1) is 15.8. The molecule has 1 aliphatic rings. The van der Waals surface area contributed by atoms with E-state index in [-0.39, 0.29) is 12.0 Å². The quantitative estimate of drug-likeness (QED) is 0.825.